The van der Waals surface area contributed by atoms with Crippen molar-refractivity contribution in [2.24, 2.45) is 0 Å². The van der Waals surface area contributed by atoms with E-state index >= 15 is 0 Å². The molecule has 30 heavy (non-hydrogen) atoms. The average Bonchev–Trinajstić information content (AvgIpc) is 2.74. The van der Waals surface area contributed by atoms with Crippen LogP contribution in [0, 0.1) is 0 Å². The Morgan fingerprint density at radius 1 is 0.733 bits per heavy atom. The molecule has 1 rings (SSSR count). The molecule has 1 aromatic rings. The molecular formula is C27H49NO2. The zero-order valence-corrected chi connectivity index (χ0v) is 20.4. The molecule has 0 bridgehead atoms. The molecule has 0 aliphatic carbocycles. The summed E-state index contributed by atoms with van der Waals surface area (Å²) >= 11 is 0. The largest absolute Gasteiger partial charge is 0.493 e. The minimum absolute atomic E-state index is 0.156. The molecular weight excluding hydrogens is 370 g/mol. The van der Waals surface area contributed by atoms with Crippen LogP contribution in [0.2, 0.25) is 0 Å². The molecule has 0 spiro atoms. The molecule has 1 aromatic carbocycles. The number of unbranched alkanes of at least 4 members (excludes halogenated alkanes) is 13. The Labute approximate surface area is 187 Å². The van der Waals surface area contributed by atoms with Gasteiger partial charge in [0.05, 0.1) is 13.2 Å². The summed E-state index contributed by atoms with van der Waals surface area (Å²) in [7, 11) is 1.70. The van der Waals surface area contributed by atoms with Gasteiger partial charge in [-0.1, -0.05) is 96.5 Å². The van der Waals surface area contributed by atoms with E-state index in [2.05, 4.69) is 24.4 Å². The first-order valence-corrected chi connectivity index (χ1v) is 12.7. The third kappa shape index (κ3) is 13.9. The second-order valence-corrected chi connectivity index (χ2v) is 8.92. The van der Waals surface area contributed by atoms with Crippen molar-refractivity contribution in [1.29, 1.82) is 0 Å². The fraction of sp³-hybridized carbons (Fsp3) is 0.778. The average molecular weight is 420 g/mol. The van der Waals surface area contributed by atoms with Crippen LogP contribution >= 0.6 is 0 Å². The van der Waals surface area contributed by atoms with Gasteiger partial charge in [0.25, 0.3) is 0 Å². The maximum atomic E-state index is 5.78. The SMILES string of the molecule is CCCCCCCCCCCCCCCCNCc1ccc(OC(C)C)c(OC)c1. The van der Waals surface area contributed by atoms with Crippen LogP contribution in [-0.2, 0) is 6.54 Å². The van der Waals surface area contributed by atoms with Crippen LogP contribution in [0.4, 0.5) is 0 Å². The van der Waals surface area contributed by atoms with Gasteiger partial charge in [-0.25, -0.2) is 0 Å². The Kier molecular flexibility index (Phi) is 16.6. The molecule has 0 saturated carbocycles. The van der Waals surface area contributed by atoms with Gasteiger partial charge < -0.3 is 14.8 Å². The lowest BCUT2D eigenvalue weighted by Crippen LogP contribution is -2.15. The molecule has 0 heterocycles. The fourth-order valence-corrected chi connectivity index (χ4v) is 3.85. The number of rotatable bonds is 20. The molecule has 0 aliphatic heterocycles. The Balaban J connectivity index is 1.94. The molecule has 0 aromatic heterocycles. The van der Waals surface area contributed by atoms with Gasteiger partial charge in [-0.15, -0.1) is 0 Å². The van der Waals surface area contributed by atoms with Gasteiger partial charge in [-0.3, -0.25) is 0 Å². The number of benzene rings is 1. The number of hydrogen-bond donors (Lipinski definition) is 1. The van der Waals surface area contributed by atoms with Gasteiger partial charge in [0.2, 0.25) is 0 Å². The zero-order chi connectivity index (χ0) is 21.9. The third-order valence-corrected chi connectivity index (χ3v) is 5.63. The van der Waals surface area contributed by atoms with E-state index in [1.165, 1.54) is 95.5 Å². The summed E-state index contributed by atoms with van der Waals surface area (Å²) in [5.41, 5.74) is 1.24. The van der Waals surface area contributed by atoms with E-state index in [0.717, 1.165) is 24.6 Å². The third-order valence-electron chi connectivity index (χ3n) is 5.63. The van der Waals surface area contributed by atoms with Crippen LogP contribution in [0.25, 0.3) is 0 Å². The Morgan fingerprint density at radius 3 is 1.77 bits per heavy atom. The number of nitrogens with one attached hydrogen (secondary N) is 1. The van der Waals surface area contributed by atoms with Gasteiger partial charge in [0.15, 0.2) is 11.5 Å². The summed E-state index contributed by atoms with van der Waals surface area (Å²) in [5, 5.41) is 3.56. The van der Waals surface area contributed by atoms with Crippen LogP contribution in [0.5, 0.6) is 11.5 Å². The highest BCUT2D eigenvalue weighted by molar-refractivity contribution is 5.43. The molecule has 0 fully saturated rings. The maximum Gasteiger partial charge on any atom is 0.161 e. The molecule has 0 saturated heterocycles. The van der Waals surface area contributed by atoms with E-state index < -0.39 is 0 Å². The normalized spacial score (nSPS) is 11.2. The summed E-state index contributed by atoms with van der Waals surface area (Å²) < 4.78 is 11.2. The molecule has 0 atom stereocenters. The lowest BCUT2D eigenvalue weighted by molar-refractivity contribution is 0.230. The lowest BCUT2D eigenvalue weighted by Gasteiger charge is -2.14. The van der Waals surface area contributed by atoms with Gasteiger partial charge >= 0.3 is 0 Å². The number of hydrogen-bond acceptors (Lipinski definition) is 3. The highest BCUT2D eigenvalue weighted by Gasteiger charge is 2.07. The van der Waals surface area contributed by atoms with E-state index in [4.69, 9.17) is 9.47 Å². The molecule has 0 unspecified atom stereocenters. The van der Waals surface area contributed by atoms with Crippen molar-refractivity contribution in [3.63, 3.8) is 0 Å². The van der Waals surface area contributed by atoms with Gasteiger partial charge in [-0.2, -0.15) is 0 Å². The van der Waals surface area contributed by atoms with Crippen molar-refractivity contribution < 1.29 is 9.47 Å². The lowest BCUT2D eigenvalue weighted by atomic mass is 10.0. The van der Waals surface area contributed by atoms with Crippen molar-refractivity contribution >= 4 is 0 Å². The van der Waals surface area contributed by atoms with Crippen molar-refractivity contribution in [2.45, 2.75) is 123 Å². The Morgan fingerprint density at radius 2 is 1.27 bits per heavy atom. The summed E-state index contributed by atoms with van der Waals surface area (Å²) in [5.74, 6) is 1.64. The van der Waals surface area contributed by atoms with Crippen molar-refractivity contribution in [3.8, 4) is 11.5 Å². The molecule has 0 amide bonds. The minimum Gasteiger partial charge on any atom is -0.493 e. The number of methoxy groups -OCH3 is 1. The minimum atomic E-state index is 0.156. The van der Waals surface area contributed by atoms with Crippen LogP contribution < -0.4 is 14.8 Å². The molecule has 3 nitrogen and oxygen atoms in total. The van der Waals surface area contributed by atoms with E-state index in [1.54, 1.807) is 7.11 Å². The van der Waals surface area contributed by atoms with Crippen LogP contribution in [0.3, 0.4) is 0 Å². The van der Waals surface area contributed by atoms with Crippen molar-refractivity contribution in [3.05, 3.63) is 23.8 Å². The molecule has 3 heteroatoms. The monoisotopic (exact) mass is 419 g/mol. The second-order valence-electron chi connectivity index (χ2n) is 8.92. The summed E-state index contributed by atoms with van der Waals surface area (Å²) in [6, 6.07) is 6.22. The quantitative estimate of drug-likeness (QED) is 0.217. The molecule has 1 N–H and O–H groups in total. The molecule has 0 aliphatic rings. The first-order chi connectivity index (χ1) is 14.7. The predicted molar refractivity (Wildman–Crippen MR) is 131 cm³/mol. The standard InChI is InChI=1S/C27H49NO2/c1-5-6-7-8-9-10-11-12-13-14-15-16-17-18-21-28-23-25-19-20-26(30-24(2)3)27(22-25)29-4/h19-20,22,24,28H,5-18,21,23H2,1-4H3. The van der Waals surface area contributed by atoms with Crippen LogP contribution in [-0.4, -0.2) is 19.8 Å². The fourth-order valence-electron chi connectivity index (χ4n) is 3.85. The van der Waals surface area contributed by atoms with Crippen molar-refractivity contribution in [2.75, 3.05) is 13.7 Å². The van der Waals surface area contributed by atoms with Crippen molar-refractivity contribution in [1.82, 2.24) is 5.32 Å². The highest BCUT2D eigenvalue weighted by Crippen LogP contribution is 2.28. The Bertz CT molecular complexity index is 516. The molecule has 0 radical (unpaired) electrons. The second kappa shape index (κ2) is 18.5. The first-order valence-electron chi connectivity index (χ1n) is 12.7. The smallest absolute Gasteiger partial charge is 0.161 e. The van der Waals surface area contributed by atoms with Gasteiger partial charge in [-0.05, 0) is 44.5 Å². The van der Waals surface area contributed by atoms with E-state index in [0.29, 0.717) is 0 Å². The Hall–Kier alpha value is -1.22. The number of ether oxygens (including phenoxy) is 2. The maximum absolute atomic E-state index is 5.78. The van der Waals surface area contributed by atoms with E-state index in [-0.39, 0.29) is 6.10 Å². The summed E-state index contributed by atoms with van der Waals surface area (Å²) in [6.07, 6.45) is 19.9. The highest BCUT2D eigenvalue weighted by atomic mass is 16.5. The van der Waals surface area contributed by atoms with E-state index in [1.807, 2.05) is 19.9 Å². The zero-order valence-electron chi connectivity index (χ0n) is 20.4. The summed E-state index contributed by atoms with van der Waals surface area (Å²) in [6.45, 7) is 8.33. The predicted octanol–water partition coefficient (Wildman–Crippen LogP) is 8.05. The van der Waals surface area contributed by atoms with Crippen LogP contribution in [0.15, 0.2) is 18.2 Å². The van der Waals surface area contributed by atoms with Crippen LogP contribution in [0.1, 0.15) is 116 Å². The first kappa shape index (κ1) is 26.8. The summed E-state index contributed by atoms with van der Waals surface area (Å²) in [4.78, 5) is 0. The van der Waals surface area contributed by atoms with E-state index in [9.17, 15) is 0 Å². The van der Waals surface area contributed by atoms with Gasteiger partial charge in [0.1, 0.15) is 0 Å². The topological polar surface area (TPSA) is 30.5 Å². The van der Waals surface area contributed by atoms with Gasteiger partial charge in [0, 0.05) is 6.54 Å². The molecule has 174 valence electrons.